The van der Waals surface area contributed by atoms with Gasteiger partial charge in [-0.3, -0.25) is 28.3 Å². The summed E-state index contributed by atoms with van der Waals surface area (Å²) in [5.74, 6) is -3.51. The van der Waals surface area contributed by atoms with Crippen LogP contribution in [-0.2, 0) is 39.8 Å². The number of rotatable bonds is 2. The van der Waals surface area contributed by atoms with Crippen molar-refractivity contribution < 1.29 is 76.1 Å². The number of nitrogens with zero attached hydrogens (tertiary/aromatic N) is 2. The second-order valence-electron chi connectivity index (χ2n) is 4.06. The number of hydrogen-bond donors (Lipinski definition) is 2. The van der Waals surface area contributed by atoms with Gasteiger partial charge >= 0.3 is 50.2 Å². The van der Waals surface area contributed by atoms with Crippen LogP contribution in [0.15, 0.2) is 0 Å². The summed E-state index contributed by atoms with van der Waals surface area (Å²) in [6.07, 6.45) is -0.617. The van der Waals surface area contributed by atoms with Gasteiger partial charge in [-0.2, -0.15) is 25.4 Å². The Morgan fingerprint density at radius 3 is 0.913 bits per heavy atom. The van der Waals surface area contributed by atoms with E-state index in [0.717, 1.165) is 0 Å². The van der Waals surface area contributed by atoms with E-state index in [1.54, 1.807) is 0 Å². The Balaban J connectivity index is 0. The molecule has 126 valence electrons. The van der Waals surface area contributed by atoms with Crippen LogP contribution in [0, 0.1) is 0 Å². The first-order valence-corrected chi connectivity index (χ1v) is 8.32. The molecule has 2 heterocycles. The zero-order valence-corrected chi connectivity index (χ0v) is 15.3. The molecule has 2 aliphatic rings. The van der Waals surface area contributed by atoms with Crippen LogP contribution in [0.1, 0.15) is 27.1 Å². The summed E-state index contributed by atoms with van der Waals surface area (Å²) in [6, 6.07) is 0. The van der Waals surface area contributed by atoms with E-state index in [1.165, 1.54) is 0 Å². The van der Waals surface area contributed by atoms with Crippen molar-refractivity contribution in [2.45, 2.75) is 25.7 Å². The van der Waals surface area contributed by atoms with E-state index in [1.807, 2.05) is 0 Å². The van der Waals surface area contributed by atoms with E-state index < -0.39 is 44.2 Å². The van der Waals surface area contributed by atoms with Gasteiger partial charge in [-0.25, -0.2) is 0 Å². The Labute approximate surface area is 154 Å². The number of carbonyl (C=O) groups excluding carboxylic acids is 4. The summed E-state index contributed by atoms with van der Waals surface area (Å²) in [4.78, 5) is 42.4. The normalized spacial score (nSPS) is 18.7. The van der Waals surface area contributed by atoms with Crippen LogP contribution in [-0.4, -0.2) is 58.2 Å². The van der Waals surface area contributed by atoms with Gasteiger partial charge in [-0.1, -0.05) is 0 Å². The molecule has 2 aliphatic heterocycles. The molecular weight excluding hydrogens is 371 g/mol. The van der Waals surface area contributed by atoms with Crippen LogP contribution in [0.25, 0.3) is 0 Å². The van der Waals surface area contributed by atoms with Crippen molar-refractivity contribution in [1.82, 2.24) is 8.61 Å². The van der Waals surface area contributed by atoms with Crippen LogP contribution in [0.5, 0.6) is 0 Å². The van der Waals surface area contributed by atoms with Gasteiger partial charge in [0.25, 0.3) is 0 Å². The average molecular weight is 382 g/mol. The van der Waals surface area contributed by atoms with E-state index in [0.29, 0.717) is 0 Å². The second-order valence-corrected chi connectivity index (χ2v) is 6.58. The Kier molecular flexibility index (Phi) is 7.48. The van der Waals surface area contributed by atoms with Crippen LogP contribution >= 0.6 is 0 Å². The molecule has 2 saturated heterocycles. The molecule has 0 atom stereocenters. The molecule has 0 aromatic heterocycles. The SMILES string of the molecule is O=C1CCC(=O)N1S(=O)(=O)O.O=C1CCC(=O)N1S(=O)(=O)O.[H-].[Na+]. The molecule has 0 saturated carbocycles. The van der Waals surface area contributed by atoms with E-state index >= 15 is 0 Å². The minimum Gasteiger partial charge on any atom is -1.00 e. The zero-order chi connectivity index (χ0) is 17.3. The van der Waals surface area contributed by atoms with Crippen molar-refractivity contribution >= 4 is 44.2 Å². The molecule has 0 aromatic carbocycles. The number of imide groups is 2. The zero-order valence-electron chi connectivity index (χ0n) is 12.7. The Morgan fingerprint density at radius 2 is 0.826 bits per heavy atom. The number of carbonyl (C=O) groups is 4. The summed E-state index contributed by atoms with van der Waals surface area (Å²) in [5.41, 5.74) is 0. The average Bonchev–Trinajstić information content (AvgIpc) is 2.81. The fourth-order valence-electron chi connectivity index (χ4n) is 1.63. The summed E-state index contributed by atoms with van der Waals surface area (Å²) in [7, 11) is -9.33. The van der Waals surface area contributed by atoms with Gasteiger partial charge < -0.3 is 1.43 Å². The first-order chi connectivity index (χ1) is 9.85. The van der Waals surface area contributed by atoms with Gasteiger partial charge in [-0.05, 0) is 0 Å². The molecular formula is C8H11N2NaO10S2. The largest absolute Gasteiger partial charge is 1.00 e. The van der Waals surface area contributed by atoms with Crippen LogP contribution in [0.3, 0.4) is 0 Å². The Morgan fingerprint density at radius 1 is 0.652 bits per heavy atom. The number of amides is 4. The maximum absolute atomic E-state index is 10.6. The molecule has 23 heavy (non-hydrogen) atoms. The quantitative estimate of drug-likeness (QED) is 0.266. The Bertz CT molecular complexity index is 653. The van der Waals surface area contributed by atoms with Gasteiger partial charge in [0.15, 0.2) is 0 Å². The summed E-state index contributed by atoms with van der Waals surface area (Å²) in [6.45, 7) is 0. The fraction of sp³-hybridized carbons (Fsp3) is 0.500. The second kappa shape index (κ2) is 7.78. The summed E-state index contributed by atoms with van der Waals surface area (Å²) in [5, 5.41) is 0. The summed E-state index contributed by atoms with van der Waals surface area (Å²) < 4.78 is 57.6. The minimum atomic E-state index is -4.67. The molecule has 4 amide bonds. The first kappa shape index (κ1) is 22.1. The van der Waals surface area contributed by atoms with E-state index in [4.69, 9.17) is 9.11 Å². The van der Waals surface area contributed by atoms with Crippen molar-refractivity contribution in [2.24, 2.45) is 0 Å². The fourth-order valence-corrected chi connectivity index (χ4v) is 3.02. The van der Waals surface area contributed by atoms with Crippen molar-refractivity contribution in [3.63, 3.8) is 0 Å². The van der Waals surface area contributed by atoms with Gasteiger partial charge in [-0.15, -0.1) is 0 Å². The van der Waals surface area contributed by atoms with Crippen molar-refractivity contribution in [2.75, 3.05) is 0 Å². The number of hydrogen-bond acceptors (Lipinski definition) is 8. The predicted molar refractivity (Wildman–Crippen MR) is 66.4 cm³/mol. The van der Waals surface area contributed by atoms with Crippen LogP contribution in [0.4, 0.5) is 0 Å². The maximum Gasteiger partial charge on any atom is 1.00 e. The molecule has 0 spiro atoms. The molecule has 0 radical (unpaired) electrons. The molecule has 0 aliphatic carbocycles. The molecule has 15 heteroatoms. The topological polar surface area (TPSA) is 184 Å². The Hall–Kier alpha value is -0.900. The molecule has 2 fully saturated rings. The van der Waals surface area contributed by atoms with Crippen molar-refractivity contribution in [1.29, 1.82) is 0 Å². The molecule has 0 aromatic rings. The minimum absolute atomic E-state index is 0. The van der Waals surface area contributed by atoms with Gasteiger partial charge in [0, 0.05) is 25.7 Å². The third-order valence-corrected chi connectivity index (χ3v) is 4.21. The van der Waals surface area contributed by atoms with Crippen molar-refractivity contribution in [3.8, 4) is 0 Å². The maximum atomic E-state index is 10.6. The molecule has 2 rings (SSSR count). The van der Waals surface area contributed by atoms with Crippen molar-refractivity contribution in [3.05, 3.63) is 0 Å². The molecule has 0 bridgehead atoms. The van der Waals surface area contributed by atoms with Crippen LogP contribution < -0.4 is 29.6 Å². The third kappa shape index (κ3) is 5.59. The smallest absolute Gasteiger partial charge is 1.00 e. The van der Waals surface area contributed by atoms with Gasteiger partial charge in [0.2, 0.25) is 23.6 Å². The van der Waals surface area contributed by atoms with Gasteiger partial charge in [0.05, 0.1) is 0 Å². The monoisotopic (exact) mass is 382 g/mol. The van der Waals surface area contributed by atoms with Gasteiger partial charge in [0.1, 0.15) is 0 Å². The third-order valence-electron chi connectivity index (χ3n) is 2.47. The standard InChI is InChI=1S/2C4H5NO5S.Na.H/c2*6-3-1-2-4(7)5(3)11(8,9)10;;/h2*1-2H2,(H,8,9,10);;/q;;+1;-1. The van der Waals surface area contributed by atoms with E-state index in [-0.39, 0.29) is 65.3 Å². The molecule has 0 unspecified atom stereocenters. The molecule has 2 N–H and O–H groups in total. The molecule has 12 nitrogen and oxygen atoms in total. The van der Waals surface area contributed by atoms with Crippen LogP contribution in [0.2, 0.25) is 0 Å². The summed E-state index contributed by atoms with van der Waals surface area (Å²) >= 11 is 0. The van der Waals surface area contributed by atoms with E-state index in [9.17, 15) is 36.0 Å². The predicted octanol–water partition coefficient (Wildman–Crippen LogP) is -5.01. The first-order valence-electron chi connectivity index (χ1n) is 5.52. The van der Waals surface area contributed by atoms with E-state index in [2.05, 4.69) is 0 Å².